The summed E-state index contributed by atoms with van der Waals surface area (Å²) in [4.78, 5) is 13.1. The summed E-state index contributed by atoms with van der Waals surface area (Å²) in [5.74, 6) is 0.924. The summed E-state index contributed by atoms with van der Waals surface area (Å²) < 4.78 is 6.36. The van der Waals surface area contributed by atoms with E-state index >= 15 is 0 Å². The van der Waals surface area contributed by atoms with Gasteiger partial charge in [-0.25, -0.2) is 0 Å². The zero-order valence-electron chi connectivity index (χ0n) is 9.98. The first-order valence-electron chi connectivity index (χ1n) is 5.68. The summed E-state index contributed by atoms with van der Waals surface area (Å²) in [6.07, 6.45) is 0.437. The maximum Gasteiger partial charge on any atom is 0.168 e. The van der Waals surface area contributed by atoms with Crippen molar-refractivity contribution in [3.8, 4) is 5.75 Å². The third-order valence-corrected chi connectivity index (χ3v) is 4.43. The molecule has 0 saturated heterocycles. The summed E-state index contributed by atoms with van der Waals surface area (Å²) in [5, 5.41) is 1.98. The molecule has 4 heteroatoms. The molecule has 2 nitrogen and oxygen atoms in total. The van der Waals surface area contributed by atoms with Crippen molar-refractivity contribution in [3.63, 3.8) is 0 Å². The normalized spacial score (nSPS) is 10.3. The van der Waals surface area contributed by atoms with Gasteiger partial charge in [0, 0.05) is 21.3 Å². The fourth-order valence-electron chi connectivity index (χ4n) is 1.60. The van der Waals surface area contributed by atoms with Crippen molar-refractivity contribution in [1.29, 1.82) is 0 Å². The van der Waals surface area contributed by atoms with Crippen molar-refractivity contribution >= 4 is 33.0 Å². The lowest BCUT2D eigenvalue weighted by Crippen LogP contribution is -2.02. The number of ether oxygens (including phenoxy) is 1. The molecule has 0 aliphatic rings. The maximum absolute atomic E-state index is 12.1. The first-order chi connectivity index (χ1) is 8.70. The molecule has 0 amide bonds. The Morgan fingerprint density at radius 3 is 2.56 bits per heavy atom. The molecule has 0 fully saturated rings. The summed E-state index contributed by atoms with van der Waals surface area (Å²) >= 11 is 5.03. The van der Waals surface area contributed by atoms with Crippen molar-refractivity contribution in [2.45, 2.75) is 13.3 Å². The highest BCUT2D eigenvalue weighted by Crippen LogP contribution is 2.24. The number of halogens is 1. The van der Waals surface area contributed by atoms with E-state index in [-0.39, 0.29) is 5.78 Å². The van der Waals surface area contributed by atoms with Crippen LogP contribution in [0.15, 0.2) is 40.2 Å². The smallest absolute Gasteiger partial charge is 0.168 e. The highest BCUT2D eigenvalue weighted by molar-refractivity contribution is 9.10. The number of ketones is 1. The molecule has 0 unspecified atom stereocenters. The molecule has 1 aromatic heterocycles. The van der Waals surface area contributed by atoms with E-state index in [0.717, 1.165) is 20.7 Å². The molecule has 0 aliphatic heterocycles. The van der Waals surface area contributed by atoms with Crippen LogP contribution in [0, 0.1) is 0 Å². The molecule has 0 radical (unpaired) electrons. The van der Waals surface area contributed by atoms with Crippen LogP contribution in [-0.2, 0) is 6.42 Å². The lowest BCUT2D eigenvalue weighted by atomic mass is 10.1. The molecular weight excluding hydrogens is 312 g/mol. The summed E-state index contributed by atoms with van der Waals surface area (Å²) in [6, 6.07) is 9.26. The van der Waals surface area contributed by atoms with Crippen molar-refractivity contribution in [1.82, 2.24) is 0 Å². The Labute approximate surface area is 119 Å². The predicted octanol–water partition coefficient (Wildman–Crippen LogP) is 4.33. The Kier molecular flexibility index (Phi) is 4.55. The van der Waals surface area contributed by atoms with Crippen LogP contribution in [0.5, 0.6) is 5.75 Å². The summed E-state index contributed by atoms with van der Waals surface area (Å²) in [7, 11) is 0. The van der Waals surface area contributed by atoms with E-state index in [2.05, 4.69) is 15.9 Å². The van der Waals surface area contributed by atoms with Gasteiger partial charge in [-0.2, -0.15) is 0 Å². The van der Waals surface area contributed by atoms with Crippen molar-refractivity contribution < 1.29 is 9.53 Å². The van der Waals surface area contributed by atoms with E-state index in [1.54, 1.807) is 11.3 Å². The molecule has 18 heavy (non-hydrogen) atoms. The molecule has 2 aromatic rings. The number of rotatable bonds is 5. The molecule has 1 aromatic carbocycles. The predicted molar refractivity (Wildman–Crippen MR) is 77.7 cm³/mol. The second kappa shape index (κ2) is 6.16. The number of carbonyl (C=O) groups excluding carboxylic acids is 1. The van der Waals surface area contributed by atoms with Gasteiger partial charge in [0.25, 0.3) is 0 Å². The molecule has 0 bridgehead atoms. The Hall–Kier alpha value is -1.13. The fraction of sp³-hybridized carbons (Fsp3) is 0.214. The van der Waals surface area contributed by atoms with Gasteiger partial charge in [0.05, 0.1) is 6.61 Å². The number of benzene rings is 1. The van der Waals surface area contributed by atoms with Gasteiger partial charge >= 0.3 is 0 Å². The molecule has 2 rings (SSSR count). The number of Topliss-reactive ketones (excluding diaryl/α,β-unsaturated/α-hetero) is 1. The molecule has 0 saturated carbocycles. The zero-order valence-corrected chi connectivity index (χ0v) is 12.4. The minimum absolute atomic E-state index is 0.126. The Bertz CT molecular complexity index is 531. The largest absolute Gasteiger partial charge is 0.494 e. The molecule has 0 N–H and O–H groups in total. The van der Waals surface area contributed by atoms with Crippen LogP contribution in [0.3, 0.4) is 0 Å². The molecule has 0 aliphatic carbocycles. The molecule has 1 heterocycles. The van der Waals surface area contributed by atoms with Crippen LogP contribution in [0.4, 0.5) is 0 Å². The van der Waals surface area contributed by atoms with Gasteiger partial charge in [0.1, 0.15) is 5.75 Å². The second-order valence-electron chi connectivity index (χ2n) is 3.75. The fourth-order valence-corrected chi connectivity index (χ4v) is 3.09. The van der Waals surface area contributed by atoms with E-state index < -0.39 is 0 Å². The maximum atomic E-state index is 12.1. The van der Waals surface area contributed by atoms with Gasteiger partial charge in [-0.3, -0.25) is 4.79 Å². The molecule has 0 spiro atoms. The van der Waals surface area contributed by atoms with Gasteiger partial charge in [-0.15, -0.1) is 11.3 Å². The average Bonchev–Trinajstić information content (AvgIpc) is 2.76. The van der Waals surface area contributed by atoms with Crippen LogP contribution in [0.1, 0.15) is 22.2 Å². The monoisotopic (exact) mass is 324 g/mol. The van der Waals surface area contributed by atoms with Gasteiger partial charge < -0.3 is 4.74 Å². The van der Waals surface area contributed by atoms with Crippen molar-refractivity contribution in [2.24, 2.45) is 0 Å². The number of thiophene rings is 1. The Balaban J connectivity index is 2.07. The Morgan fingerprint density at radius 2 is 2.00 bits per heavy atom. The SMILES string of the molecule is CCOc1ccc(C(=O)Cc2sccc2Br)cc1. The van der Waals surface area contributed by atoms with Crippen LogP contribution < -0.4 is 4.74 Å². The highest BCUT2D eigenvalue weighted by Gasteiger charge is 2.10. The first kappa shape index (κ1) is 13.3. The summed E-state index contributed by atoms with van der Waals surface area (Å²) in [5.41, 5.74) is 0.721. The van der Waals surface area contributed by atoms with Crippen LogP contribution >= 0.6 is 27.3 Å². The standard InChI is InChI=1S/C14H13BrO2S/c1-2-17-11-5-3-10(4-6-11)13(16)9-14-12(15)7-8-18-14/h3-8H,2,9H2,1H3. The first-order valence-corrected chi connectivity index (χ1v) is 7.36. The minimum atomic E-state index is 0.126. The van der Waals surface area contributed by atoms with Gasteiger partial charge in [0.2, 0.25) is 0 Å². The van der Waals surface area contributed by atoms with E-state index in [9.17, 15) is 4.79 Å². The van der Waals surface area contributed by atoms with E-state index in [4.69, 9.17) is 4.74 Å². The average molecular weight is 325 g/mol. The van der Waals surface area contributed by atoms with Crippen LogP contribution in [-0.4, -0.2) is 12.4 Å². The third-order valence-electron chi connectivity index (χ3n) is 2.50. The van der Waals surface area contributed by atoms with Gasteiger partial charge in [0.15, 0.2) is 5.78 Å². The molecular formula is C14H13BrO2S. The lowest BCUT2D eigenvalue weighted by Gasteiger charge is -2.04. The number of carbonyl (C=O) groups is 1. The van der Waals surface area contributed by atoms with E-state index in [1.165, 1.54) is 0 Å². The van der Waals surface area contributed by atoms with Crippen LogP contribution in [0.2, 0.25) is 0 Å². The minimum Gasteiger partial charge on any atom is -0.494 e. The van der Waals surface area contributed by atoms with Crippen molar-refractivity contribution in [3.05, 3.63) is 50.6 Å². The molecule has 0 atom stereocenters. The number of hydrogen-bond acceptors (Lipinski definition) is 3. The second-order valence-corrected chi connectivity index (χ2v) is 5.60. The van der Waals surface area contributed by atoms with Gasteiger partial charge in [-0.05, 0) is 58.6 Å². The highest BCUT2D eigenvalue weighted by atomic mass is 79.9. The van der Waals surface area contributed by atoms with Crippen LogP contribution in [0.25, 0.3) is 0 Å². The van der Waals surface area contributed by atoms with Gasteiger partial charge in [-0.1, -0.05) is 0 Å². The summed E-state index contributed by atoms with van der Waals surface area (Å²) in [6.45, 7) is 2.57. The molecule has 94 valence electrons. The van der Waals surface area contributed by atoms with E-state index in [1.807, 2.05) is 42.6 Å². The van der Waals surface area contributed by atoms with E-state index in [0.29, 0.717) is 13.0 Å². The van der Waals surface area contributed by atoms with Crippen molar-refractivity contribution in [2.75, 3.05) is 6.61 Å². The Morgan fingerprint density at radius 1 is 1.28 bits per heavy atom. The zero-order chi connectivity index (χ0) is 13.0. The number of hydrogen-bond donors (Lipinski definition) is 0. The lowest BCUT2D eigenvalue weighted by molar-refractivity contribution is 0.0993. The third kappa shape index (κ3) is 3.21. The topological polar surface area (TPSA) is 26.3 Å². The quantitative estimate of drug-likeness (QED) is 0.765.